The maximum Gasteiger partial charge on any atom is 0.239 e. The van der Waals surface area contributed by atoms with Gasteiger partial charge in [-0.1, -0.05) is 0 Å². The number of hydrogen-bond acceptors (Lipinski definition) is 4. The number of thiol groups is 1. The van der Waals surface area contributed by atoms with Gasteiger partial charge in [-0.25, -0.2) is 4.68 Å². The van der Waals surface area contributed by atoms with Crippen LogP contribution in [0.4, 0.5) is 0 Å². The lowest BCUT2D eigenvalue weighted by Gasteiger charge is -2.01. The highest BCUT2D eigenvalue weighted by molar-refractivity contribution is 7.80. The first kappa shape index (κ1) is 8.06. The Morgan fingerprint density at radius 1 is 1.55 bits per heavy atom. The summed E-state index contributed by atoms with van der Waals surface area (Å²) in [5.41, 5.74) is 2.53. The Labute approximate surface area is 69.2 Å². The first-order chi connectivity index (χ1) is 5.33. The van der Waals surface area contributed by atoms with E-state index in [2.05, 4.69) is 28.3 Å². The molecule has 5 nitrogen and oxygen atoms in total. The number of nitrogens with one attached hydrogen (secondary N) is 1. The van der Waals surface area contributed by atoms with Crippen molar-refractivity contribution in [2.75, 3.05) is 11.2 Å². The van der Waals surface area contributed by atoms with Gasteiger partial charge in [0.15, 0.2) is 0 Å². The highest BCUT2D eigenvalue weighted by Gasteiger charge is 1.98. The molecule has 0 radical (unpaired) electrons. The number of rotatable bonds is 3. The molecule has 0 unspecified atom stereocenters. The molecule has 0 aliphatic carbocycles. The van der Waals surface area contributed by atoms with Gasteiger partial charge in [0.2, 0.25) is 5.91 Å². The summed E-state index contributed by atoms with van der Waals surface area (Å²) in [5, 5.41) is 7.03. The molecule has 0 atom stereocenters. The third kappa shape index (κ3) is 2.58. The van der Waals surface area contributed by atoms with E-state index in [1.54, 1.807) is 0 Å². The Hall–Kier alpha value is -1.04. The molecule has 6 heteroatoms. The molecule has 1 aromatic heterocycles. The van der Waals surface area contributed by atoms with Crippen LogP contribution in [-0.4, -0.2) is 26.5 Å². The van der Waals surface area contributed by atoms with E-state index in [4.69, 9.17) is 0 Å². The van der Waals surface area contributed by atoms with Crippen LogP contribution in [0.2, 0.25) is 0 Å². The summed E-state index contributed by atoms with van der Waals surface area (Å²) in [6.45, 7) is 0. The quantitative estimate of drug-likeness (QED) is 0.614. The van der Waals surface area contributed by atoms with Gasteiger partial charge in [0.05, 0.1) is 0 Å². The summed E-state index contributed by atoms with van der Waals surface area (Å²) in [7, 11) is 0. The third-order valence-electron chi connectivity index (χ3n) is 1.01. The van der Waals surface area contributed by atoms with Crippen molar-refractivity contribution in [2.45, 2.75) is 6.42 Å². The molecule has 0 aromatic carbocycles. The van der Waals surface area contributed by atoms with Gasteiger partial charge in [-0.15, -0.1) is 10.2 Å². The molecule has 60 valence electrons. The molecular weight excluding hydrogens is 164 g/mol. The van der Waals surface area contributed by atoms with Crippen LogP contribution in [0, 0.1) is 0 Å². The van der Waals surface area contributed by atoms with Crippen molar-refractivity contribution in [1.82, 2.24) is 14.9 Å². The zero-order valence-corrected chi connectivity index (χ0v) is 6.66. The number of carbonyl (C=O) groups excluding carboxylic acids is 1. The fourth-order valence-electron chi connectivity index (χ4n) is 0.560. The van der Waals surface area contributed by atoms with E-state index in [0.717, 1.165) is 0 Å². The second kappa shape index (κ2) is 3.97. The lowest BCUT2D eigenvalue weighted by molar-refractivity contribution is -0.116. The Balaban J connectivity index is 2.37. The van der Waals surface area contributed by atoms with E-state index in [1.807, 2.05) is 0 Å². The van der Waals surface area contributed by atoms with Gasteiger partial charge in [-0.05, 0) is 5.75 Å². The highest BCUT2D eigenvalue weighted by atomic mass is 32.1. The summed E-state index contributed by atoms with van der Waals surface area (Å²) in [6, 6.07) is 0. The summed E-state index contributed by atoms with van der Waals surface area (Å²) < 4.78 is 1.39. The van der Waals surface area contributed by atoms with E-state index in [9.17, 15) is 4.79 Å². The summed E-state index contributed by atoms with van der Waals surface area (Å²) >= 11 is 3.91. The van der Waals surface area contributed by atoms with Crippen LogP contribution in [0.25, 0.3) is 0 Å². The molecule has 0 aliphatic heterocycles. The van der Waals surface area contributed by atoms with Crippen molar-refractivity contribution < 1.29 is 4.79 Å². The predicted molar refractivity (Wildman–Crippen MR) is 42.9 cm³/mol. The zero-order valence-electron chi connectivity index (χ0n) is 5.77. The number of hydrogen-bond donors (Lipinski definition) is 2. The minimum Gasteiger partial charge on any atom is -0.273 e. The van der Waals surface area contributed by atoms with Gasteiger partial charge in [-0.2, -0.15) is 12.6 Å². The Morgan fingerprint density at radius 3 is 2.73 bits per heavy atom. The van der Waals surface area contributed by atoms with E-state index in [1.165, 1.54) is 17.3 Å². The largest absolute Gasteiger partial charge is 0.273 e. The first-order valence-corrected chi connectivity index (χ1v) is 3.71. The average molecular weight is 172 g/mol. The molecule has 1 heterocycles. The molecule has 11 heavy (non-hydrogen) atoms. The molecule has 0 fully saturated rings. The van der Waals surface area contributed by atoms with Crippen molar-refractivity contribution in [3.8, 4) is 0 Å². The number of nitrogens with zero attached hydrogens (tertiary/aromatic N) is 3. The van der Waals surface area contributed by atoms with Crippen LogP contribution in [0.15, 0.2) is 12.7 Å². The zero-order chi connectivity index (χ0) is 8.10. The van der Waals surface area contributed by atoms with Crippen LogP contribution in [0.5, 0.6) is 0 Å². The topological polar surface area (TPSA) is 59.8 Å². The monoisotopic (exact) mass is 172 g/mol. The van der Waals surface area contributed by atoms with Gasteiger partial charge in [-0.3, -0.25) is 10.2 Å². The Kier molecular flexibility index (Phi) is 2.91. The van der Waals surface area contributed by atoms with Crippen molar-refractivity contribution in [3.05, 3.63) is 12.7 Å². The molecule has 0 bridgehead atoms. The molecule has 1 N–H and O–H groups in total. The summed E-state index contributed by atoms with van der Waals surface area (Å²) in [4.78, 5) is 10.9. The van der Waals surface area contributed by atoms with Crippen LogP contribution in [-0.2, 0) is 4.79 Å². The SMILES string of the molecule is O=C(CCS)Nn1cnnc1. The van der Waals surface area contributed by atoms with Gasteiger partial charge in [0, 0.05) is 6.42 Å². The molecular formula is C5H8N4OS. The molecule has 0 saturated heterocycles. The van der Waals surface area contributed by atoms with Crippen LogP contribution >= 0.6 is 12.6 Å². The average Bonchev–Trinajstić information content (AvgIpc) is 2.40. The lowest BCUT2D eigenvalue weighted by Crippen LogP contribution is -2.21. The molecule has 1 rings (SSSR count). The molecule has 0 aliphatic rings. The fraction of sp³-hybridized carbons (Fsp3) is 0.400. The van der Waals surface area contributed by atoms with Crippen LogP contribution < -0.4 is 5.43 Å². The Morgan fingerprint density at radius 2 is 2.18 bits per heavy atom. The van der Waals surface area contributed by atoms with Crippen molar-refractivity contribution in [1.29, 1.82) is 0 Å². The second-order valence-corrected chi connectivity index (χ2v) is 2.32. The van der Waals surface area contributed by atoms with E-state index in [-0.39, 0.29) is 5.91 Å². The second-order valence-electron chi connectivity index (χ2n) is 1.88. The minimum atomic E-state index is -0.0974. The summed E-state index contributed by atoms with van der Waals surface area (Å²) in [5.74, 6) is 0.438. The minimum absolute atomic E-state index is 0.0974. The Bertz CT molecular complexity index is 222. The maximum atomic E-state index is 10.9. The lowest BCUT2D eigenvalue weighted by atomic mass is 10.5. The highest BCUT2D eigenvalue weighted by Crippen LogP contribution is 1.85. The molecule has 0 saturated carbocycles. The normalized spacial score (nSPS) is 9.55. The first-order valence-electron chi connectivity index (χ1n) is 3.08. The third-order valence-corrected chi connectivity index (χ3v) is 1.24. The van der Waals surface area contributed by atoms with Crippen molar-refractivity contribution in [2.24, 2.45) is 0 Å². The van der Waals surface area contributed by atoms with Gasteiger partial charge < -0.3 is 0 Å². The van der Waals surface area contributed by atoms with E-state index in [0.29, 0.717) is 12.2 Å². The number of carbonyl (C=O) groups is 1. The predicted octanol–water partition coefficient (Wildman–Crippen LogP) is -0.332. The maximum absolute atomic E-state index is 10.9. The molecule has 0 spiro atoms. The molecule has 1 aromatic rings. The van der Waals surface area contributed by atoms with Gasteiger partial charge in [0.25, 0.3) is 0 Å². The van der Waals surface area contributed by atoms with Crippen molar-refractivity contribution in [3.63, 3.8) is 0 Å². The van der Waals surface area contributed by atoms with E-state index >= 15 is 0 Å². The molecule has 1 amide bonds. The van der Waals surface area contributed by atoms with Gasteiger partial charge in [0.1, 0.15) is 12.7 Å². The van der Waals surface area contributed by atoms with Gasteiger partial charge >= 0.3 is 0 Å². The standard InChI is InChI=1S/C5H8N4OS/c10-5(1-2-11)8-9-3-6-7-4-9/h3-4,11H,1-2H2,(H,8,10). The summed E-state index contributed by atoms with van der Waals surface area (Å²) in [6.07, 6.45) is 3.22. The van der Waals surface area contributed by atoms with Crippen LogP contribution in [0.1, 0.15) is 6.42 Å². The smallest absolute Gasteiger partial charge is 0.239 e. The fourth-order valence-corrected chi connectivity index (χ4v) is 0.763. The number of aromatic nitrogens is 3. The number of amides is 1. The van der Waals surface area contributed by atoms with Crippen molar-refractivity contribution >= 4 is 18.5 Å². The van der Waals surface area contributed by atoms with Crippen LogP contribution in [0.3, 0.4) is 0 Å². The van der Waals surface area contributed by atoms with E-state index < -0.39 is 0 Å².